The lowest BCUT2D eigenvalue weighted by Gasteiger charge is -2.30. The lowest BCUT2D eigenvalue weighted by molar-refractivity contribution is 0.0694. The van der Waals surface area contributed by atoms with Gasteiger partial charge in [0.1, 0.15) is 11.7 Å². The average molecular weight is 444 g/mol. The number of rotatable bonds is 3. The molecular weight excluding hydrogens is 418 g/mol. The van der Waals surface area contributed by atoms with Gasteiger partial charge in [-0.1, -0.05) is 0 Å². The number of halogens is 2. The smallest absolute Gasteiger partial charge is 0.341 e. The van der Waals surface area contributed by atoms with Crippen molar-refractivity contribution in [1.82, 2.24) is 4.57 Å². The zero-order valence-electron chi connectivity index (χ0n) is 17.8. The monoisotopic (exact) mass is 444 g/mol. The van der Waals surface area contributed by atoms with Crippen LogP contribution >= 0.6 is 0 Å². The van der Waals surface area contributed by atoms with Gasteiger partial charge in [0, 0.05) is 31.2 Å². The van der Waals surface area contributed by atoms with Gasteiger partial charge in [0.15, 0.2) is 5.82 Å². The number of aromatic nitrogens is 1. The molecule has 170 valence electrons. The van der Waals surface area contributed by atoms with E-state index in [4.69, 9.17) is 11.5 Å². The molecule has 0 unspecified atom stereocenters. The topological polar surface area (TPSA) is 115 Å². The maximum absolute atomic E-state index is 15.7. The second kappa shape index (κ2) is 6.21. The molecule has 4 aliphatic rings. The molecule has 2 heterocycles. The van der Waals surface area contributed by atoms with Crippen LogP contribution in [0.3, 0.4) is 0 Å². The van der Waals surface area contributed by atoms with E-state index in [-0.39, 0.29) is 29.0 Å². The number of aryl methyl sites for hydroxylation is 1. The lowest BCUT2D eigenvalue weighted by atomic mass is 9.78. The maximum Gasteiger partial charge on any atom is 0.341 e. The normalized spacial score (nSPS) is 35.0. The average Bonchev–Trinajstić information content (AvgIpc) is 3.58. The number of hydrogen-bond donors (Lipinski definition) is 3. The van der Waals surface area contributed by atoms with E-state index in [1.807, 2.05) is 4.90 Å². The van der Waals surface area contributed by atoms with Crippen molar-refractivity contribution >= 4 is 28.2 Å². The minimum Gasteiger partial charge on any atom is -0.477 e. The minimum atomic E-state index is -1.45. The van der Waals surface area contributed by atoms with E-state index >= 15 is 4.39 Å². The fourth-order valence-electron chi connectivity index (χ4n) is 6.57. The van der Waals surface area contributed by atoms with Gasteiger partial charge in [-0.15, -0.1) is 0 Å². The highest BCUT2D eigenvalue weighted by molar-refractivity contribution is 6.01. The summed E-state index contributed by atoms with van der Waals surface area (Å²) in [5.41, 5.74) is 12.0. The molecule has 0 spiro atoms. The zero-order chi connectivity index (χ0) is 22.7. The molecule has 6 atom stereocenters. The molecule has 4 fully saturated rings. The highest BCUT2D eigenvalue weighted by atomic mass is 19.1. The number of nitrogens with zero attached hydrogens (tertiary/aromatic N) is 2. The Balaban J connectivity index is 1.56. The molecule has 9 heteroatoms. The van der Waals surface area contributed by atoms with Gasteiger partial charge in [-0.3, -0.25) is 4.79 Å². The molecule has 2 aromatic rings. The van der Waals surface area contributed by atoms with Gasteiger partial charge in [-0.2, -0.15) is 0 Å². The van der Waals surface area contributed by atoms with Crippen molar-refractivity contribution in [2.24, 2.45) is 23.5 Å². The standard InChI is InChI=1S/C23H26F2N4O3/c1-9-19-16(21(30)12(22(31)32)7-29(19)15-4-14(15)24)18(26)17(25)20(9)28-6-10-2-3-11-5-23(11,27)13(10)8-28/h7,10-11,13-15H,2-6,8,26-27H2,1H3,(H,31,32)/t10-,11+,13+,14+,15-,23+/m1/s1. The molecular formula is C23H26F2N4O3. The van der Waals surface area contributed by atoms with Gasteiger partial charge in [0.05, 0.1) is 28.3 Å². The first-order chi connectivity index (χ1) is 15.1. The Labute approximate surface area is 183 Å². The zero-order valence-corrected chi connectivity index (χ0v) is 17.8. The van der Waals surface area contributed by atoms with E-state index in [1.54, 1.807) is 6.92 Å². The Hall–Kier alpha value is -2.68. The number of anilines is 2. The summed E-state index contributed by atoms with van der Waals surface area (Å²) in [7, 11) is 0. The van der Waals surface area contributed by atoms with Gasteiger partial charge in [0.2, 0.25) is 5.43 Å². The molecule has 5 N–H and O–H groups in total. The third-order valence-electron chi connectivity index (χ3n) is 8.46. The molecule has 7 nitrogen and oxygen atoms in total. The second-order valence-corrected chi connectivity index (χ2v) is 10.2. The predicted molar refractivity (Wildman–Crippen MR) is 116 cm³/mol. The largest absolute Gasteiger partial charge is 0.477 e. The van der Waals surface area contributed by atoms with Crippen LogP contribution in [0, 0.1) is 30.5 Å². The number of nitrogens with two attached hydrogens (primary N) is 2. The summed E-state index contributed by atoms with van der Waals surface area (Å²) in [6.07, 6.45) is 3.43. The molecule has 0 amide bonds. The third-order valence-corrected chi connectivity index (χ3v) is 8.46. The molecule has 6 rings (SSSR count). The number of hydrogen-bond acceptors (Lipinski definition) is 5. The fraction of sp³-hybridized carbons (Fsp3) is 0.565. The number of aromatic carboxylic acids is 1. The van der Waals surface area contributed by atoms with Crippen LogP contribution < -0.4 is 21.8 Å². The lowest BCUT2D eigenvalue weighted by Crippen LogP contribution is -2.42. The van der Waals surface area contributed by atoms with Crippen LogP contribution in [0.2, 0.25) is 0 Å². The number of alkyl halides is 1. The molecule has 0 radical (unpaired) electrons. The molecule has 1 saturated heterocycles. The van der Waals surface area contributed by atoms with Crippen LogP contribution in [-0.4, -0.2) is 40.4 Å². The Bertz CT molecular complexity index is 1260. The molecule has 3 saturated carbocycles. The predicted octanol–water partition coefficient (Wildman–Crippen LogP) is 2.58. The van der Waals surface area contributed by atoms with Crippen molar-refractivity contribution in [2.45, 2.75) is 50.4 Å². The molecule has 0 bridgehead atoms. The van der Waals surface area contributed by atoms with Gasteiger partial charge in [-0.25, -0.2) is 13.6 Å². The van der Waals surface area contributed by atoms with E-state index in [2.05, 4.69) is 0 Å². The first kappa shape index (κ1) is 20.0. The van der Waals surface area contributed by atoms with Crippen LogP contribution in [0.5, 0.6) is 0 Å². The van der Waals surface area contributed by atoms with Crippen molar-refractivity contribution in [2.75, 3.05) is 23.7 Å². The van der Waals surface area contributed by atoms with E-state index in [0.29, 0.717) is 41.7 Å². The number of pyridine rings is 1. The molecule has 32 heavy (non-hydrogen) atoms. The number of fused-ring (bicyclic) bond motifs is 4. The van der Waals surface area contributed by atoms with Crippen LogP contribution in [0.25, 0.3) is 10.9 Å². The highest BCUT2D eigenvalue weighted by Crippen LogP contribution is 2.59. The number of carbonyl (C=O) groups is 1. The quantitative estimate of drug-likeness (QED) is 0.627. The Morgan fingerprint density at radius 3 is 2.69 bits per heavy atom. The summed E-state index contributed by atoms with van der Waals surface area (Å²) in [5, 5.41) is 9.30. The summed E-state index contributed by atoms with van der Waals surface area (Å²) >= 11 is 0. The van der Waals surface area contributed by atoms with Crippen molar-refractivity contribution in [1.29, 1.82) is 0 Å². The molecule has 1 aromatic carbocycles. The third kappa shape index (κ3) is 2.48. The SMILES string of the molecule is Cc1c(N2C[C@H]3CC[C@H]4C[C@@]4(N)[C@H]3C2)c(F)c(N)c2c(=O)c(C(=O)O)cn([C@@H]3C[C@@H]3F)c12. The Morgan fingerprint density at radius 2 is 2.03 bits per heavy atom. The first-order valence-electron chi connectivity index (χ1n) is 11.2. The van der Waals surface area contributed by atoms with E-state index in [0.717, 1.165) is 19.3 Å². The van der Waals surface area contributed by atoms with Gasteiger partial charge in [-0.05, 0) is 49.5 Å². The van der Waals surface area contributed by atoms with Gasteiger partial charge < -0.3 is 26.0 Å². The van der Waals surface area contributed by atoms with Crippen LogP contribution in [0.4, 0.5) is 20.2 Å². The second-order valence-electron chi connectivity index (χ2n) is 10.2. The van der Waals surface area contributed by atoms with Crippen molar-refractivity contribution in [3.63, 3.8) is 0 Å². The summed E-state index contributed by atoms with van der Waals surface area (Å²) in [6.45, 7) is 2.98. The van der Waals surface area contributed by atoms with Crippen LogP contribution in [0.1, 0.15) is 47.6 Å². The molecule has 3 aliphatic carbocycles. The summed E-state index contributed by atoms with van der Waals surface area (Å²) in [4.78, 5) is 26.6. The molecule has 1 aromatic heterocycles. The van der Waals surface area contributed by atoms with Gasteiger partial charge in [0.25, 0.3) is 0 Å². The van der Waals surface area contributed by atoms with Gasteiger partial charge >= 0.3 is 5.97 Å². The van der Waals surface area contributed by atoms with Crippen LogP contribution in [-0.2, 0) is 0 Å². The Kier molecular flexibility index (Phi) is 3.88. The summed E-state index contributed by atoms with van der Waals surface area (Å²) in [6, 6.07) is -0.590. The molecule has 1 aliphatic heterocycles. The minimum absolute atomic E-state index is 0.168. The highest BCUT2D eigenvalue weighted by Gasteiger charge is 2.62. The maximum atomic E-state index is 15.7. The van der Waals surface area contributed by atoms with E-state index < -0.39 is 35.0 Å². The Morgan fingerprint density at radius 1 is 1.31 bits per heavy atom. The van der Waals surface area contributed by atoms with Crippen LogP contribution in [0.15, 0.2) is 11.0 Å². The van der Waals surface area contributed by atoms with Crippen molar-refractivity contribution < 1.29 is 18.7 Å². The number of carboxylic acids is 1. The summed E-state index contributed by atoms with van der Waals surface area (Å²) < 4.78 is 31.2. The van der Waals surface area contributed by atoms with E-state index in [1.165, 1.54) is 10.8 Å². The first-order valence-corrected chi connectivity index (χ1v) is 11.2. The van der Waals surface area contributed by atoms with Crippen molar-refractivity contribution in [3.8, 4) is 0 Å². The summed E-state index contributed by atoms with van der Waals surface area (Å²) in [5.74, 6) is -0.950. The number of benzene rings is 1. The fourth-order valence-corrected chi connectivity index (χ4v) is 6.57. The number of nitrogen functional groups attached to an aromatic ring is 1. The van der Waals surface area contributed by atoms with Crippen molar-refractivity contribution in [3.05, 3.63) is 33.4 Å². The van der Waals surface area contributed by atoms with E-state index in [9.17, 15) is 19.1 Å². The number of carboxylic acid groups (broad SMARTS) is 1.